The van der Waals surface area contributed by atoms with Gasteiger partial charge in [0.1, 0.15) is 0 Å². The molecule has 0 radical (unpaired) electrons. The molecule has 2 aromatic rings. The quantitative estimate of drug-likeness (QED) is 0.655. The van der Waals surface area contributed by atoms with Gasteiger partial charge in [-0.1, -0.05) is 12.1 Å². The lowest BCUT2D eigenvalue weighted by atomic mass is 10.1. The summed E-state index contributed by atoms with van der Waals surface area (Å²) in [5, 5.41) is 14.6. The molecular formula is C18H19N3O4. The second-order valence-corrected chi connectivity index (χ2v) is 6.20. The zero-order valence-electron chi connectivity index (χ0n) is 14.3. The number of aliphatic hydroxyl groups is 1. The first-order valence-corrected chi connectivity index (χ1v) is 7.99. The fraction of sp³-hybridized carbons (Fsp3) is 0.333. The molecule has 1 aromatic carbocycles. The standard InChI is InChI=1S/C18H19N3O4/c1-10-16(12(3)22)11(2)21(19-10)9-13(23)8-20-17(24)14-6-4-5-7-15(14)18(20)25/h4-7,13,23H,8-9H2,1-3H3/t13-/m0/s1. The molecule has 1 N–H and O–H groups in total. The van der Waals surface area contributed by atoms with Crippen molar-refractivity contribution in [2.45, 2.75) is 33.4 Å². The average molecular weight is 341 g/mol. The summed E-state index contributed by atoms with van der Waals surface area (Å²) >= 11 is 0. The predicted octanol–water partition coefficient (Wildman–Crippen LogP) is 1.36. The van der Waals surface area contributed by atoms with E-state index in [-0.39, 0.29) is 18.9 Å². The number of ketones is 1. The van der Waals surface area contributed by atoms with Crippen LogP contribution >= 0.6 is 0 Å². The lowest BCUT2D eigenvalue weighted by Crippen LogP contribution is -2.38. The summed E-state index contributed by atoms with van der Waals surface area (Å²) in [6.07, 6.45) is -0.986. The Morgan fingerprint density at radius 1 is 1.12 bits per heavy atom. The van der Waals surface area contributed by atoms with E-state index in [1.54, 1.807) is 38.1 Å². The van der Waals surface area contributed by atoms with E-state index in [4.69, 9.17) is 0 Å². The molecule has 7 heteroatoms. The lowest BCUT2D eigenvalue weighted by molar-refractivity contribution is 0.0514. The highest BCUT2D eigenvalue weighted by molar-refractivity contribution is 6.21. The van der Waals surface area contributed by atoms with E-state index < -0.39 is 17.9 Å². The van der Waals surface area contributed by atoms with Crippen molar-refractivity contribution in [2.75, 3.05) is 6.54 Å². The minimum Gasteiger partial charge on any atom is -0.389 e. The number of aryl methyl sites for hydroxylation is 1. The SMILES string of the molecule is CC(=O)c1c(C)nn(C[C@@H](O)CN2C(=O)c3ccccc3C2=O)c1C. The van der Waals surface area contributed by atoms with Gasteiger partial charge in [-0.2, -0.15) is 5.10 Å². The fourth-order valence-electron chi connectivity index (χ4n) is 3.26. The van der Waals surface area contributed by atoms with E-state index in [2.05, 4.69) is 5.10 Å². The van der Waals surface area contributed by atoms with Crippen molar-refractivity contribution >= 4 is 17.6 Å². The molecule has 130 valence electrons. The van der Waals surface area contributed by atoms with Crippen LogP contribution in [-0.4, -0.2) is 50.0 Å². The Kier molecular flexibility index (Phi) is 4.26. The molecule has 7 nitrogen and oxygen atoms in total. The van der Waals surface area contributed by atoms with Crippen LogP contribution in [0.3, 0.4) is 0 Å². The van der Waals surface area contributed by atoms with Gasteiger partial charge in [0.2, 0.25) is 0 Å². The minimum atomic E-state index is -0.986. The van der Waals surface area contributed by atoms with E-state index in [0.717, 1.165) is 4.90 Å². The number of β-amino-alcohol motifs (C(OH)–C–C–N with tert-alkyl or cyclic N) is 1. The maximum Gasteiger partial charge on any atom is 0.261 e. The van der Waals surface area contributed by atoms with Crippen LogP contribution in [0.25, 0.3) is 0 Å². The van der Waals surface area contributed by atoms with Crippen LogP contribution in [0.4, 0.5) is 0 Å². The van der Waals surface area contributed by atoms with Crippen LogP contribution in [0.15, 0.2) is 24.3 Å². The summed E-state index contributed by atoms with van der Waals surface area (Å²) in [7, 11) is 0. The Hall–Kier alpha value is -2.80. The van der Waals surface area contributed by atoms with E-state index in [0.29, 0.717) is 28.1 Å². The Bertz CT molecular complexity index is 849. The number of carbonyl (C=O) groups excluding carboxylic acids is 3. The molecule has 2 heterocycles. The van der Waals surface area contributed by atoms with Crippen molar-refractivity contribution in [1.82, 2.24) is 14.7 Å². The maximum absolute atomic E-state index is 12.3. The van der Waals surface area contributed by atoms with Gasteiger partial charge < -0.3 is 5.11 Å². The Morgan fingerprint density at radius 2 is 1.68 bits per heavy atom. The van der Waals surface area contributed by atoms with E-state index in [1.165, 1.54) is 11.6 Å². The number of nitrogens with zero attached hydrogens (tertiary/aromatic N) is 3. The number of rotatable bonds is 5. The topological polar surface area (TPSA) is 92.5 Å². The van der Waals surface area contributed by atoms with Crippen molar-refractivity contribution in [3.05, 3.63) is 52.3 Å². The highest BCUT2D eigenvalue weighted by atomic mass is 16.3. The first-order valence-electron chi connectivity index (χ1n) is 7.99. The zero-order valence-corrected chi connectivity index (χ0v) is 14.3. The lowest BCUT2D eigenvalue weighted by Gasteiger charge is -2.19. The van der Waals surface area contributed by atoms with Gasteiger partial charge in [0.15, 0.2) is 5.78 Å². The minimum absolute atomic E-state index is 0.0870. The fourth-order valence-corrected chi connectivity index (χ4v) is 3.26. The van der Waals surface area contributed by atoms with Crippen molar-refractivity contribution in [1.29, 1.82) is 0 Å². The number of hydrogen-bond donors (Lipinski definition) is 1. The monoisotopic (exact) mass is 341 g/mol. The number of imide groups is 1. The van der Waals surface area contributed by atoms with Crippen LogP contribution < -0.4 is 0 Å². The summed E-state index contributed by atoms with van der Waals surface area (Å²) < 4.78 is 1.54. The summed E-state index contributed by atoms with van der Waals surface area (Å²) in [4.78, 5) is 37.4. The highest BCUT2D eigenvalue weighted by Crippen LogP contribution is 2.23. The molecule has 1 aromatic heterocycles. The zero-order chi connectivity index (χ0) is 18.3. The first-order chi connectivity index (χ1) is 11.8. The van der Waals surface area contributed by atoms with Crippen molar-refractivity contribution in [3.8, 4) is 0 Å². The van der Waals surface area contributed by atoms with Gasteiger partial charge in [-0.15, -0.1) is 0 Å². The van der Waals surface area contributed by atoms with Crippen LogP contribution in [0.5, 0.6) is 0 Å². The van der Waals surface area contributed by atoms with E-state index in [9.17, 15) is 19.5 Å². The molecule has 2 amide bonds. The number of benzene rings is 1. The van der Waals surface area contributed by atoms with Crippen LogP contribution in [0, 0.1) is 13.8 Å². The third-order valence-corrected chi connectivity index (χ3v) is 4.39. The van der Waals surface area contributed by atoms with Crippen LogP contribution in [0.2, 0.25) is 0 Å². The predicted molar refractivity (Wildman–Crippen MR) is 89.5 cm³/mol. The Morgan fingerprint density at radius 3 is 2.16 bits per heavy atom. The van der Waals surface area contributed by atoms with Gasteiger partial charge in [-0.05, 0) is 32.9 Å². The number of aromatic nitrogens is 2. The van der Waals surface area contributed by atoms with Gasteiger partial charge in [0.05, 0.1) is 41.6 Å². The normalized spacial score (nSPS) is 14.8. The molecule has 0 aliphatic carbocycles. The molecular weight excluding hydrogens is 322 g/mol. The third-order valence-electron chi connectivity index (χ3n) is 4.39. The molecule has 0 unspecified atom stereocenters. The van der Waals surface area contributed by atoms with E-state index >= 15 is 0 Å². The molecule has 3 rings (SSSR count). The summed E-state index contributed by atoms with van der Waals surface area (Å²) in [5.74, 6) is -0.897. The molecule has 1 aliphatic heterocycles. The first kappa shape index (κ1) is 17.0. The molecule has 0 saturated heterocycles. The van der Waals surface area contributed by atoms with Gasteiger partial charge >= 0.3 is 0 Å². The molecule has 0 saturated carbocycles. The number of hydrogen-bond acceptors (Lipinski definition) is 5. The maximum atomic E-state index is 12.3. The van der Waals surface area contributed by atoms with Crippen LogP contribution in [-0.2, 0) is 6.54 Å². The summed E-state index contributed by atoms with van der Waals surface area (Å²) in [6.45, 7) is 4.92. The number of carbonyl (C=O) groups is 3. The molecule has 1 atom stereocenters. The molecule has 1 aliphatic rings. The molecule has 25 heavy (non-hydrogen) atoms. The van der Waals surface area contributed by atoms with Gasteiger partial charge in [0.25, 0.3) is 11.8 Å². The van der Waals surface area contributed by atoms with E-state index in [1.807, 2.05) is 0 Å². The third kappa shape index (κ3) is 2.87. The average Bonchev–Trinajstić information content (AvgIpc) is 2.96. The van der Waals surface area contributed by atoms with Crippen molar-refractivity contribution in [3.63, 3.8) is 0 Å². The number of fused-ring (bicyclic) bond motifs is 1. The van der Waals surface area contributed by atoms with Gasteiger partial charge in [0, 0.05) is 5.69 Å². The number of amides is 2. The van der Waals surface area contributed by atoms with Crippen molar-refractivity contribution < 1.29 is 19.5 Å². The van der Waals surface area contributed by atoms with Crippen molar-refractivity contribution in [2.24, 2.45) is 0 Å². The summed E-state index contributed by atoms with van der Waals surface area (Å²) in [5.41, 5.74) is 2.49. The summed E-state index contributed by atoms with van der Waals surface area (Å²) in [6, 6.07) is 6.59. The molecule has 0 fully saturated rings. The van der Waals surface area contributed by atoms with Gasteiger partial charge in [-0.3, -0.25) is 24.0 Å². The van der Waals surface area contributed by atoms with Crippen LogP contribution in [0.1, 0.15) is 49.4 Å². The number of Topliss-reactive ketones (excluding diaryl/α,β-unsaturated/α-hetero) is 1. The smallest absolute Gasteiger partial charge is 0.261 e. The largest absolute Gasteiger partial charge is 0.389 e. The Balaban J connectivity index is 1.75. The Labute approximate surface area is 144 Å². The second kappa shape index (κ2) is 6.25. The molecule has 0 spiro atoms. The molecule has 0 bridgehead atoms. The number of aliphatic hydroxyl groups excluding tert-OH is 1. The highest BCUT2D eigenvalue weighted by Gasteiger charge is 2.36. The second-order valence-electron chi connectivity index (χ2n) is 6.20. The van der Waals surface area contributed by atoms with Gasteiger partial charge in [-0.25, -0.2) is 0 Å².